The molecule has 2 aromatic carbocycles. The van der Waals surface area contributed by atoms with Crippen molar-refractivity contribution in [2.75, 3.05) is 10.2 Å². The Morgan fingerprint density at radius 1 is 1.00 bits per heavy atom. The Morgan fingerprint density at radius 3 is 2.50 bits per heavy atom. The first kappa shape index (κ1) is 16.3. The molecule has 4 nitrogen and oxygen atoms in total. The van der Waals surface area contributed by atoms with Crippen LogP contribution in [0.4, 0.5) is 11.4 Å². The van der Waals surface area contributed by atoms with E-state index in [1.165, 1.54) is 0 Å². The van der Waals surface area contributed by atoms with E-state index in [9.17, 15) is 4.79 Å². The molecule has 3 aromatic rings. The van der Waals surface area contributed by atoms with E-state index < -0.39 is 0 Å². The smallest absolute Gasteiger partial charge is 0.277 e. The van der Waals surface area contributed by atoms with Crippen LogP contribution in [0.25, 0.3) is 0 Å². The number of pyridine rings is 1. The summed E-state index contributed by atoms with van der Waals surface area (Å²) in [7, 11) is 0. The number of para-hydroxylation sites is 2. The Hall–Kier alpha value is -3.14. The van der Waals surface area contributed by atoms with Crippen LogP contribution >= 0.6 is 0 Å². The van der Waals surface area contributed by atoms with Crippen molar-refractivity contribution in [3.05, 3.63) is 90.3 Å². The van der Waals surface area contributed by atoms with Gasteiger partial charge in [-0.15, -0.1) is 0 Å². The number of benzene rings is 2. The highest BCUT2D eigenvalue weighted by Gasteiger charge is 2.34. The summed E-state index contributed by atoms with van der Waals surface area (Å²) in [5.74, 6) is -0.0521. The van der Waals surface area contributed by atoms with Crippen LogP contribution in [0.15, 0.2) is 79.0 Å². The lowest BCUT2D eigenvalue weighted by atomic mass is 9.91. The molecule has 26 heavy (non-hydrogen) atoms. The summed E-state index contributed by atoms with van der Waals surface area (Å²) in [5.41, 5.74) is 3.65. The van der Waals surface area contributed by atoms with Gasteiger partial charge in [0.2, 0.25) is 0 Å². The van der Waals surface area contributed by atoms with Crippen LogP contribution in [0.2, 0.25) is 0 Å². The van der Waals surface area contributed by atoms with Crippen LogP contribution in [0.1, 0.15) is 35.4 Å². The summed E-state index contributed by atoms with van der Waals surface area (Å²) in [5, 5.41) is 3.61. The van der Waals surface area contributed by atoms with E-state index in [-0.39, 0.29) is 18.0 Å². The van der Waals surface area contributed by atoms with E-state index in [2.05, 4.69) is 35.4 Å². The largest absolute Gasteiger partial charge is 0.378 e. The summed E-state index contributed by atoms with van der Waals surface area (Å²) in [6.07, 6.45) is 2.50. The van der Waals surface area contributed by atoms with Crippen LogP contribution < -0.4 is 10.2 Å². The van der Waals surface area contributed by atoms with Gasteiger partial charge in [0.05, 0.1) is 6.04 Å². The van der Waals surface area contributed by atoms with Gasteiger partial charge in [-0.05, 0) is 49.2 Å². The van der Waals surface area contributed by atoms with Crippen molar-refractivity contribution in [1.82, 2.24) is 4.98 Å². The minimum absolute atomic E-state index is 0.0521. The second-order valence-electron chi connectivity index (χ2n) is 6.60. The lowest BCUT2D eigenvalue weighted by Gasteiger charge is -2.39. The predicted octanol–water partition coefficient (Wildman–Crippen LogP) is 4.67. The number of carbonyl (C=O) groups is 1. The average molecular weight is 343 g/mol. The summed E-state index contributed by atoms with van der Waals surface area (Å²) >= 11 is 0. The number of fused-ring (bicyclic) bond motifs is 1. The van der Waals surface area contributed by atoms with Crippen molar-refractivity contribution in [1.29, 1.82) is 0 Å². The molecule has 4 heteroatoms. The van der Waals surface area contributed by atoms with E-state index in [1.54, 1.807) is 12.3 Å². The number of hydrogen-bond donors (Lipinski definition) is 1. The zero-order valence-corrected chi connectivity index (χ0v) is 14.7. The van der Waals surface area contributed by atoms with Gasteiger partial charge in [-0.2, -0.15) is 0 Å². The standard InChI is InChI=1S/C22H21N3O/c1-16-15-20(24-17-9-3-2-4-10-17)18-11-5-6-13-21(18)25(16)22(26)19-12-7-8-14-23-19/h2-14,16,20,24H,15H2,1H3. The van der Waals surface area contributed by atoms with Crippen LogP contribution in [-0.2, 0) is 0 Å². The molecule has 1 aliphatic heterocycles. The molecule has 1 N–H and O–H groups in total. The van der Waals surface area contributed by atoms with Gasteiger partial charge in [-0.25, -0.2) is 0 Å². The minimum Gasteiger partial charge on any atom is -0.378 e. The maximum atomic E-state index is 13.1. The molecule has 130 valence electrons. The quantitative estimate of drug-likeness (QED) is 0.751. The van der Waals surface area contributed by atoms with Gasteiger partial charge in [-0.3, -0.25) is 9.78 Å². The fourth-order valence-electron chi connectivity index (χ4n) is 3.61. The lowest BCUT2D eigenvalue weighted by molar-refractivity contribution is 0.0969. The molecular weight excluding hydrogens is 322 g/mol. The normalized spacial score (nSPS) is 18.9. The van der Waals surface area contributed by atoms with Crippen molar-refractivity contribution < 1.29 is 4.79 Å². The number of carbonyl (C=O) groups excluding carboxylic acids is 1. The highest BCUT2D eigenvalue weighted by Crippen LogP contribution is 2.39. The Morgan fingerprint density at radius 2 is 1.73 bits per heavy atom. The molecule has 2 atom stereocenters. The summed E-state index contributed by atoms with van der Waals surface area (Å²) in [4.78, 5) is 19.2. The highest BCUT2D eigenvalue weighted by molar-refractivity contribution is 6.06. The van der Waals surface area contributed by atoms with Crippen molar-refractivity contribution in [2.24, 2.45) is 0 Å². The van der Waals surface area contributed by atoms with Gasteiger partial charge >= 0.3 is 0 Å². The first-order valence-electron chi connectivity index (χ1n) is 8.89. The third kappa shape index (κ3) is 3.06. The first-order valence-corrected chi connectivity index (χ1v) is 8.89. The molecule has 0 bridgehead atoms. The lowest BCUT2D eigenvalue weighted by Crippen LogP contribution is -2.44. The topological polar surface area (TPSA) is 45.2 Å². The molecule has 0 aliphatic carbocycles. The molecule has 2 heterocycles. The summed E-state index contributed by atoms with van der Waals surface area (Å²) in [6, 6.07) is 24.0. The molecule has 1 aliphatic rings. The highest BCUT2D eigenvalue weighted by atomic mass is 16.2. The molecule has 0 spiro atoms. The third-order valence-electron chi connectivity index (χ3n) is 4.81. The van der Waals surface area contributed by atoms with Crippen LogP contribution in [0.5, 0.6) is 0 Å². The Labute approximate surface area is 153 Å². The van der Waals surface area contributed by atoms with E-state index >= 15 is 0 Å². The zero-order chi connectivity index (χ0) is 17.9. The van der Waals surface area contributed by atoms with Gasteiger partial charge in [0.25, 0.3) is 5.91 Å². The van der Waals surface area contributed by atoms with Gasteiger partial charge in [0.15, 0.2) is 0 Å². The van der Waals surface area contributed by atoms with Gasteiger partial charge in [0, 0.05) is 23.6 Å². The Balaban J connectivity index is 1.69. The second kappa shape index (κ2) is 7.00. The monoisotopic (exact) mass is 343 g/mol. The number of nitrogens with zero attached hydrogens (tertiary/aromatic N) is 2. The number of amides is 1. The van der Waals surface area contributed by atoms with Crippen molar-refractivity contribution in [3.63, 3.8) is 0 Å². The molecule has 0 saturated carbocycles. The van der Waals surface area contributed by atoms with E-state index in [0.717, 1.165) is 23.4 Å². The minimum atomic E-state index is -0.0521. The van der Waals surface area contributed by atoms with Crippen molar-refractivity contribution in [2.45, 2.75) is 25.4 Å². The van der Waals surface area contributed by atoms with E-state index in [0.29, 0.717) is 5.69 Å². The molecule has 0 fully saturated rings. The number of aromatic nitrogens is 1. The first-order chi connectivity index (χ1) is 12.7. The van der Waals surface area contributed by atoms with Crippen LogP contribution in [-0.4, -0.2) is 16.9 Å². The third-order valence-corrected chi connectivity index (χ3v) is 4.81. The number of hydrogen-bond acceptors (Lipinski definition) is 3. The number of nitrogens with one attached hydrogen (secondary N) is 1. The van der Waals surface area contributed by atoms with Crippen LogP contribution in [0.3, 0.4) is 0 Å². The predicted molar refractivity (Wildman–Crippen MR) is 104 cm³/mol. The van der Waals surface area contributed by atoms with Gasteiger partial charge < -0.3 is 10.2 Å². The molecular formula is C22H21N3O. The SMILES string of the molecule is CC1CC(Nc2ccccc2)c2ccccc2N1C(=O)c1ccccn1. The molecule has 4 rings (SSSR count). The maximum Gasteiger partial charge on any atom is 0.277 e. The van der Waals surface area contributed by atoms with Gasteiger partial charge in [-0.1, -0.05) is 42.5 Å². The van der Waals surface area contributed by atoms with Crippen LogP contribution in [0, 0.1) is 0 Å². The summed E-state index contributed by atoms with van der Waals surface area (Å²) < 4.78 is 0. The molecule has 1 aromatic heterocycles. The fraction of sp³-hybridized carbons (Fsp3) is 0.182. The van der Waals surface area contributed by atoms with Gasteiger partial charge in [0.1, 0.15) is 5.69 Å². The summed E-state index contributed by atoms with van der Waals surface area (Å²) in [6.45, 7) is 2.09. The molecule has 2 unspecified atom stereocenters. The zero-order valence-electron chi connectivity index (χ0n) is 14.7. The molecule has 1 amide bonds. The van der Waals surface area contributed by atoms with Crippen molar-refractivity contribution >= 4 is 17.3 Å². The second-order valence-corrected chi connectivity index (χ2v) is 6.60. The Bertz CT molecular complexity index is 896. The fourth-order valence-corrected chi connectivity index (χ4v) is 3.61. The van der Waals surface area contributed by atoms with Crippen molar-refractivity contribution in [3.8, 4) is 0 Å². The molecule has 0 radical (unpaired) electrons. The number of anilines is 2. The average Bonchev–Trinajstić information content (AvgIpc) is 2.69. The van der Waals surface area contributed by atoms with E-state index in [4.69, 9.17) is 0 Å². The number of rotatable bonds is 3. The van der Waals surface area contributed by atoms with E-state index in [1.807, 2.05) is 53.4 Å². The maximum absolute atomic E-state index is 13.1. The molecule has 0 saturated heterocycles. The Kier molecular flexibility index (Phi) is 4.40.